The molecule has 0 radical (unpaired) electrons. The van der Waals surface area contributed by atoms with Crippen LogP contribution in [0.25, 0.3) is 11.1 Å². The second kappa shape index (κ2) is 8.02. The highest BCUT2D eigenvalue weighted by molar-refractivity contribution is 7.91. The van der Waals surface area contributed by atoms with E-state index in [2.05, 4.69) is 5.32 Å². The molecule has 0 bridgehead atoms. The molecule has 0 aliphatic heterocycles. The van der Waals surface area contributed by atoms with Crippen molar-refractivity contribution >= 4 is 26.8 Å². The molecule has 1 N–H and O–H groups in total. The van der Waals surface area contributed by atoms with Crippen LogP contribution in [-0.2, 0) is 21.7 Å². The molecule has 2 aromatic carbocycles. The number of aromatic nitrogens is 1. The second-order valence-corrected chi connectivity index (χ2v) is 8.85. The Morgan fingerprint density at radius 1 is 1.18 bits per heavy atom. The summed E-state index contributed by atoms with van der Waals surface area (Å²) in [7, 11) is -2.13. The van der Waals surface area contributed by atoms with Gasteiger partial charge in [0.05, 0.1) is 16.2 Å². The molecule has 0 fully saturated rings. The Bertz CT molecular complexity index is 1150. The Hall–Kier alpha value is -2.87. The summed E-state index contributed by atoms with van der Waals surface area (Å²) in [6.45, 7) is 2.43. The molecule has 148 valence electrons. The van der Waals surface area contributed by atoms with Crippen LogP contribution in [0.3, 0.4) is 0 Å². The molecule has 8 heteroatoms. The number of carbonyl (C=O) groups is 1. The predicted molar refractivity (Wildman–Crippen MR) is 106 cm³/mol. The number of oxazole rings is 1. The lowest BCUT2D eigenvalue weighted by atomic mass is 10.0. The van der Waals surface area contributed by atoms with Gasteiger partial charge in [0, 0.05) is 26.1 Å². The zero-order chi connectivity index (χ0) is 20.3. The maximum absolute atomic E-state index is 12.5. The van der Waals surface area contributed by atoms with Crippen molar-refractivity contribution in [3.8, 4) is 0 Å². The fourth-order valence-electron chi connectivity index (χ4n) is 2.91. The third-order valence-electron chi connectivity index (χ3n) is 4.69. The van der Waals surface area contributed by atoms with E-state index in [4.69, 9.17) is 4.42 Å². The number of fused-ring (bicyclic) bond motifs is 1. The molecule has 0 aliphatic carbocycles. The Labute approximate surface area is 162 Å². The number of rotatable bonds is 7. The average Bonchev–Trinajstić information content (AvgIpc) is 2.98. The van der Waals surface area contributed by atoms with E-state index in [9.17, 15) is 18.0 Å². The van der Waals surface area contributed by atoms with Crippen molar-refractivity contribution in [1.29, 1.82) is 0 Å². The zero-order valence-corrected chi connectivity index (χ0v) is 16.5. The molecule has 0 aliphatic rings. The number of amides is 1. The predicted octanol–water partition coefficient (Wildman–Crippen LogP) is 2.22. The summed E-state index contributed by atoms with van der Waals surface area (Å²) >= 11 is 0. The van der Waals surface area contributed by atoms with Gasteiger partial charge in [-0.2, -0.15) is 0 Å². The summed E-state index contributed by atoms with van der Waals surface area (Å²) in [6.07, 6.45) is -0.138. The number of sulfone groups is 1. The van der Waals surface area contributed by atoms with E-state index in [1.165, 1.54) is 22.8 Å². The van der Waals surface area contributed by atoms with Crippen molar-refractivity contribution in [3.63, 3.8) is 0 Å². The third-order valence-corrected chi connectivity index (χ3v) is 6.41. The normalized spacial score (nSPS) is 12.8. The molecule has 0 spiro atoms. The first kappa shape index (κ1) is 19.9. The molecule has 28 heavy (non-hydrogen) atoms. The van der Waals surface area contributed by atoms with Gasteiger partial charge in [0.2, 0.25) is 5.91 Å². The van der Waals surface area contributed by atoms with E-state index in [1.807, 2.05) is 37.3 Å². The maximum Gasteiger partial charge on any atom is 0.419 e. The van der Waals surface area contributed by atoms with Crippen LogP contribution < -0.4 is 11.1 Å². The highest BCUT2D eigenvalue weighted by Crippen LogP contribution is 2.19. The average molecular weight is 402 g/mol. The molecule has 0 saturated heterocycles. The van der Waals surface area contributed by atoms with Crippen molar-refractivity contribution in [2.24, 2.45) is 7.05 Å². The third kappa shape index (κ3) is 4.33. The minimum absolute atomic E-state index is 0.0276. The van der Waals surface area contributed by atoms with Crippen LogP contribution in [0.15, 0.2) is 62.6 Å². The monoisotopic (exact) mass is 402 g/mol. The van der Waals surface area contributed by atoms with Gasteiger partial charge in [0.15, 0.2) is 15.4 Å². The number of hydrogen-bond acceptors (Lipinski definition) is 5. The standard InChI is InChI=1S/C20H22N2O5S/c1-14(15-6-4-3-5-7-15)13-21-19(23)10-11-28(25,26)16-8-9-17-18(12-16)27-20(24)22(17)2/h3-9,12,14H,10-11,13H2,1-2H3,(H,21,23)/t14-/m0/s1. The molecule has 1 heterocycles. The van der Waals surface area contributed by atoms with Crippen LogP contribution in [0.1, 0.15) is 24.8 Å². The van der Waals surface area contributed by atoms with Crippen LogP contribution in [0, 0.1) is 0 Å². The summed E-state index contributed by atoms with van der Waals surface area (Å²) in [4.78, 5) is 23.6. The number of carbonyl (C=O) groups excluding carboxylic acids is 1. The quantitative estimate of drug-likeness (QED) is 0.653. The fourth-order valence-corrected chi connectivity index (χ4v) is 4.16. The Morgan fingerprint density at radius 2 is 1.89 bits per heavy atom. The van der Waals surface area contributed by atoms with Gasteiger partial charge in [-0.25, -0.2) is 13.2 Å². The van der Waals surface area contributed by atoms with Gasteiger partial charge in [0.1, 0.15) is 0 Å². The molecule has 7 nitrogen and oxygen atoms in total. The summed E-state index contributed by atoms with van der Waals surface area (Å²) in [5.74, 6) is -1.07. The van der Waals surface area contributed by atoms with E-state index in [0.717, 1.165) is 5.56 Å². The second-order valence-electron chi connectivity index (χ2n) is 6.74. The van der Waals surface area contributed by atoms with E-state index >= 15 is 0 Å². The van der Waals surface area contributed by atoms with Crippen molar-refractivity contribution in [3.05, 3.63) is 64.6 Å². The van der Waals surface area contributed by atoms with Gasteiger partial charge in [0.25, 0.3) is 0 Å². The summed E-state index contributed by atoms with van der Waals surface area (Å²) in [6, 6.07) is 14.0. The summed E-state index contributed by atoms with van der Waals surface area (Å²) < 4.78 is 31.4. The first-order chi connectivity index (χ1) is 13.3. The molecular formula is C20H22N2O5S. The molecule has 0 saturated carbocycles. The van der Waals surface area contributed by atoms with Crippen LogP contribution >= 0.6 is 0 Å². The lowest BCUT2D eigenvalue weighted by Gasteiger charge is -2.13. The number of nitrogens with zero attached hydrogens (tertiary/aromatic N) is 1. The topological polar surface area (TPSA) is 98.4 Å². The molecule has 1 aromatic heterocycles. The minimum atomic E-state index is -3.67. The van der Waals surface area contributed by atoms with Gasteiger partial charge in [-0.05, 0) is 23.6 Å². The van der Waals surface area contributed by atoms with Crippen molar-refractivity contribution in [2.45, 2.75) is 24.2 Å². The molecule has 0 unspecified atom stereocenters. The van der Waals surface area contributed by atoms with E-state index < -0.39 is 15.6 Å². The van der Waals surface area contributed by atoms with Crippen LogP contribution in [0.2, 0.25) is 0 Å². The van der Waals surface area contributed by atoms with Crippen molar-refractivity contribution < 1.29 is 17.6 Å². The minimum Gasteiger partial charge on any atom is -0.408 e. The van der Waals surface area contributed by atoms with Gasteiger partial charge in [-0.15, -0.1) is 0 Å². The fraction of sp³-hybridized carbons (Fsp3) is 0.300. The van der Waals surface area contributed by atoms with E-state index in [-0.39, 0.29) is 34.5 Å². The zero-order valence-electron chi connectivity index (χ0n) is 15.7. The Kier molecular flexibility index (Phi) is 5.69. The smallest absolute Gasteiger partial charge is 0.408 e. The van der Waals surface area contributed by atoms with Crippen molar-refractivity contribution in [1.82, 2.24) is 9.88 Å². The summed E-state index contributed by atoms with van der Waals surface area (Å²) in [5.41, 5.74) is 1.82. The number of aryl methyl sites for hydroxylation is 1. The molecular weight excluding hydrogens is 380 g/mol. The number of nitrogens with one attached hydrogen (secondary N) is 1. The van der Waals surface area contributed by atoms with E-state index in [0.29, 0.717) is 12.1 Å². The van der Waals surface area contributed by atoms with Crippen LogP contribution in [-0.4, -0.2) is 31.2 Å². The lowest BCUT2D eigenvalue weighted by Crippen LogP contribution is -2.29. The van der Waals surface area contributed by atoms with Crippen LogP contribution in [0.5, 0.6) is 0 Å². The molecule has 3 rings (SSSR count). The van der Waals surface area contributed by atoms with Gasteiger partial charge < -0.3 is 9.73 Å². The Balaban J connectivity index is 1.60. The number of hydrogen-bond donors (Lipinski definition) is 1. The Morgan fingerprint density at radius 3 is 2.61 bits per heavy atom. The van der Waals surface area contributed by atoms with Gasteiger partial charge >= 0.3 is 5.76 Å². The van der Waals surface area contributed by atoms with Crippen LogP contribution in [0.4, 0.5) is 0 Å². The molecule has 1 amide bonds. The van der Waals surface area contributed by atoms with E-state index in [1.54, 1.807) is 7.05 Å². The van der Waals surface area contributed by atoms with Gasteiger partial charge in [-0.3, -0.25) is 9.36 Å². The number of benzene rings is 2. The SMILES string of the molecule is C[C@@H](CNC(=O)CCS(=O)(=O)c1ccc2c(c1)oc(=O)n2C)c1ccccc1. The largest absolute Gasteiger partial charge is 0.419 e. The summed E-state index contributed by atoms with van der Waals surface area (Å²) in [5, 5.41) is 2.78. The van der Waals surface area contributed by atoms with Crippen molar-refractivity contribution in [2.75, 3.05) is 12.3 Å². The first-order valence-electron chi connectivity index (χ1n) is 8.92. The van der Waals surface area contributed by atoms with Gasteiger partial charge in [-0.1, -0.05) is 37.3 Å². The highest BCUT2D eigenvalue weighted by Gasteiger charge is 2.19. The molecule has 3 aromatic rings. The highest BCUT2D eigenvalue weighted by atomic mass is 32.2. The first-order valence-corrected chi connectivity index (χ1v) is 10.6. The maximum atomic E-state index is 12.5. The molecule has 1 atom stereocenters. The lowest BCUT2D eigenvalue weighted by molar-refractivity contribution is -0.120.